The topological polar surface area (TPSA) is 106 Å². The third-order valence-electron chi connectivity index (χ3n) is 5.96. The fourth-order valence-electron chi connectivity index (χ4n) is 3.86. The zero-order valence-corrected chi connectivity index (χ0v) is 24.0. The van der Waals surface area contributed by atoms with Gasteiger partial charge in [0.15, 0.2) is 0 Å². The molecule has 0 bridgehead atoms. The maximum atomic E-state index is 13.0. The van der Waals surface area contributed by atoms with Crippen molar-refractivity contribution in [2.45, 2.75) is 38.4 Å². The first-order valence-electron chi connectivity index (χ1n) is 12.9. The van der Waals surface area contributed by atoms with E-state index in [2.05, 4.69) is 23.8 Å². The highest BCUT2D eigenvalue weighted by atomic mass is 35.5. The van der Waals surface area contributed by atoms with Crippen LogP contribution in [0.1, 0.15) is 35.7 Å². The van der Waals surface area contributed by atoms with Crippen molar-refractivity contribution in [3.63, 3.8) is 0 Å². The average molecular weight is 572 g/mol. The van der Waals surface area contributed by atoms with Gasteiger partial charge in [0.25, 0.3) is 5.91 Å². The van der Waals surface area contributed by atoms with Crippen LogP contribution in [-0.4, -0.2) is 68.7 Å². The summed E-state index contributed by atoms with van der Waals surface area (Å²) in [5, 5.41) is 6.44. The van der Waals surface area contributed by atoms with Crippen LogP contribution in [0.15, 0.2) is 67.8 Å². The minimum Gasteiger partial charge on any atom is -0.497 e. The van der Waals surface area contributed by atoms with E-state index in [1.54, 1.807) is 49.3 Å². The molecule has 0 aliphatic rings. The van der Waals surface area contributed by atoms with Gasteiger partial charge in [-0.2, -0.15) is 0 Å². The van der Waals surface area contributed by atoms with Crippen LogP contribution in [0.4, 0.5) is 0 Å². The number of methoxy groups -OCH3 is 2. The standard InChI is InChI=1S/C30H38ClN3O6/c1-6-16-34(20-22-8-11-24(38-4)12-9-22)28(35)15-14-26(30(37)39-5)32-19-21(3)33-29(36)25-13-10-23(31)18-27(25)40-17-7-2/h6-13,18,21,26,32H,1-2,14-17,19-20H2,3-5H3,(H,33,36). The molecule has 2 N–H and O–H groups in total. The van der Waals surface area contributed by atoms with Gasteiger partial charge in [-0.1, -0.05) is 42.5 Å². The molecule has 0 aliphatic carbocycles. The fourth-order valence-corrected chi connectivity index (χ4v) is 4.02. The quantitative estimate of drug-likeness (QED) is 0.217. The van der Waals surface area contributed by atoms with E-state index < -0.39 is 12.0 Å². The Balaban J connectivity index is 1.96. The Morgan fingerprint density at radius 3 is 2.42 bits per heavy atom. The molecule has 10 heteroatoms. The van der Waals surface area contributed by atoms with Crippen molar-refractivity contribution >= 4 is 29.4 Å². The predicted molar refractivity (Wildman–Crippen MR) is 156 cm³/mol. The molecular weight excluding hydrogens is 534 g/mol. The minimum atomic E-state index is -0.734. The molecule has 2 amide bonds. The van der Waals surface area contributed by atoms with Gasteiger partial charge in [0.2, 0.25) is 5.91 Å². The first-order valence-corrected chi connectivity index (χ1v) is 13.3. The molecule has 0 fully saturated rings. The van der Waals surface area contributed by atoms with Crippen LogP contribution in [0.2, 0.25) is 5.02 Å². The van der Waals surface area contributed by atoms with Crippen molar-refractivity contribution in [1.29, 1.82) is 0 Å². The van der Waals surface area contributed by atoms with Crippen LogP contribution in [0.3, 0.4) is 0 Å². The molecule has 2 aromatic carbocycles. The third-order valence-corrected chi connectivity index (χ3v) is 6.20. The van der Waals surface area contributed by atoms with Crippen LogP contribution >= 0.6 is 11.6 Å². The summed E-state index contributed by atoms with van der Waals surface area (Å²) in [6.45, 7) is 10.4. The molecule has 9 nitrogen and oxygen atoms in total. The molecule has 2 aromatic rings. The lowest BCUT2D eigenvalue weighted by atomic mass is 10.1. The van der Waals surface area contributed by atoms with Gasteiger partial charge in [0.05, 0.1) is 19.8 Å². The van der Waals surface area contributed by atoms with Crippen molar-refractivity contribution in [2.24, 2.45) is 0 Å². The molecule has 0 radical (unpaired) electrons. The van der Waals surface area contributed by atoms with E-state index in [9.17, 15) is 14.4 Å². The smallest absolute Gasteiger partial charge is 0.322 e. The Labute approximate surface area is 241 Å². The summed E-state index contributed by atoms with van der Waals surface area (Å²) in [5.74, 6) is 0.109. The molecule has 0 saturated carbocycles. The lowest BCUT2D eigenvalue weighted by Gasteiger charge is -2.24. The lowest BCUT2D eigenvalue weighted by molar-refractivity contribution is -0.143. The van der Waals surface area contributed by atoms with Gasteiger partial charge >= 0.3 is 5.97 Å². The highest BCUT2D eigenvalue weighted by Gasteiger charge is 2.23. The zero-order valence-electron chi connectivity index (χ0n) is 23.3. The molecule has 0 aliphatic heterocycles. The summed E-state index contributed by atoms with van der Waals surface area (Å²) in [5.41, 5.74) is 1.27. The second-order valence-corrected chi connectivity index (χ2v) is 9.48. The second kappa shape index (κ2) is 17.0. The SMILES string of the molecule is C=CCOc1cc(Cl)ccc1C(=O)NC(C)CNC(CCC(=O)N(CC=C)Cc1ccc(OC)cc1)C(=O)OC. The molecule has 0 aromatic heterocycles. The van der Waals surface area contributed by atoms with Gasteiger partial charge in [-0.25, -0.2) is 0 Å². The summed E-state index contributed by atoms with van der Waals surface area (Å²) >= 11 is 6.05. The highest BCUT2D eigenvalue weighted by molar-refractivity contribution is 6.30. The van der Waals surface area contributed by atoms with Gasteiger partial charge in [-0.05, 0) is 49.2 Å². The van der Waals surface area contributed by atoms with Gasteiger partial charge in [0.1, 0.15) is 24.1 Å². The fraction of sp³-hybridized carbons (Fsp3) is 0.367. The largest absolute Gasteiger partial charge is 0.497 e. The first-order chi connectivity index (χ1) is 19.2. The number of benzene rings is 2. The molecule has 216 valence electrons. The maximum Gasteiger partial charge on any atom is 0.322 e. The number of hydrogen-bond donors (Lipinski definition) is 2. The number of rotatable bonds is 17. The van der Waals surface area contributed by atoms with E-state index in [-0.39, 0.29) is 43.8 Å². The summed E-state index contributed by atoms with van der Waals surface area (Å²) in [4.78, 5) is 40.0. The van der Waals surface area contributed by atoms with E-state index in [1.807, 2.05) is 24.3 Å². The molecule has 2 atom stereocenters. The summed E-state index contributed by atoms with van der Waals surface area (Å²) in [7, 11) is 2.89. The van der Waals surface area contributed by atoms with Gasteiger partial charge in [-0.3, -0.25) is 14.4 Å². The Hall–Kier alpha value is -3.82. The molecule has 0 saturated heterocycles. The Morgan fingerprint density at radius 2 is 1.80 bits per heavy atom. The number of amides is 2. The van der Waals surface area contributed by atoms with Crippen LogP contribution in [0.5, 0.6) is 11.5 Å². The number of carbonyl (C=O) groups excluding carboxylic acids is 3. The average Bonchev–Trinajstić information content (AvgIpc) is 2.95. The zero-order chi connectivity index (χ0) is 29.5. The van der Waals surface area contributed by atoms with Crippen LogP contribution in [0, 0.1) is 0 Å². The van der Waals surface area contributed by atoms with E-state index >= 15 is 0 Å². The first kappa shape index (κ1) is 32.4. The molecule has 2 unspecified atom stereocenters. The molecule has 2 rings (SSSR count). The Kier molecular flexibility index (Phi) is 13.8. The molecule has 0 spiro atoms. The van der Waals surface area contributed by atoms with Crippen LogP contribution in [0.25, 0.3) is 0 Å². The third kappa shape index (κ3) is 10.4. The summed E-state index contributed by atoms with van der Waals surface area (Å²) in [6, 6.07) is 11.1. The van der Waals surface area contributed by atoms with Crippen LogP contribution in [-0.2, 0) is 20.9 Å². The Morgan fingerprint density at radius 1 is 1.07 bits per heavy atom. The number of nitrogens with zero attached hydrogens (tertiary/aromatic N) is 1. The van der Waals surface area contributed by atoms with E-state index in [4.69, 9.17) is 25.8 Å². The van der Waals surface area contributed by atoms with Crippen LogP contribution < -0.4 is 20.1 Å². The summed E-state index contributed by atoms with van der Waals surface area (Å²) in [6.07, 6.45) is 3.57. The van der Waals surface area contributed by atoms with Gasteiger partial charge in [0, 0.05) is 37.1 Å². The number of nitrogens with one attached hydrogen (secondary N) is 2. The number of halogens is 1. The molecular formula is C30H38ClN3O6. The maximum absolute atomic E-state index is 13.0. The highest BCUT2D eigenvalue weighted by Crippen LogP contribution is 2.23. The van der Waals surface area contributed by atoms with Gasteiger partial charge < -0.3 is 29.7 Å². The second-order valence-electron chi connectivity index (χ2n) is 9.05. The van der Waals surface area contributed by atoms with Crippen molar-refractivity contribution in [1.82, 2.24) is 15.5 Å². The summed E-state index contributed by atoms with van der Waals surface area (Å²) < 4.78 is 15.7. The molecule has 40 heavy (non-hydrogen) atoms. The number of carbonyl (C=O) groups is 3. The van der Waals surface area contributed by atoms with E-state index in [1.165, 1.54) is 7.11 Å². The van der Waals surface area contributed by atoms with Gasteiger partial charge in [-0.15, -0.1) is 6.58 Å². The predicted octanol–water partition coefficient (Wildman–Crippen LogP) is 4.16. The van der Waals surface area contributed by atoms with Crippen molar-refractivity contribution < 1.29 is 28.6 Å². The normalized spacial score (nSPS) is 12.0. The number of esters is 1. The number of hydrogen-bond acceptors (Lipinski definition) is 7. The minimum absolute atomic E-state index is 0.117. The lowest BCUT2D eigenvalue weighted by Crippen LogP contribution is -2.46. The van der Waals surface area contributed by atoms with Crippen molar-refractivity contribution in [3.05, 3.63) is 83.9 Å². The van der Waals surface area contributed by atoms with E-state index in [0.29, 0.717) is 29.4 Å². The Bertz CT molecular complexity index is 1150. The van der Waals surface area contributed by atoms with Crippen molar-refractivity contribution in [2.75, 3.05) is 33.9 Å². The van der Waals surface area contributed by atoms with Crippen molar-refractivity contribution in [3.8, 4) is 11.5 Å². The number of ether oxygens (including phenoxy) is 3. The monoisotopic (exact) mass is 571 g/mol. The molecule has 0 heterocycles. The van der Waals surface area contributed by atoms with E-state index in [0.717, 1.165) is 11.3 Å².